The van der Waals surface area contributed by atoms with Crippen LogP contribution in [0.15, 0.2) is 65.6 Å². The maximum Gasteiger partial charge on any atom is 0.243 e. The number of piperidine rings is 1. The topological polar surface area (TPSA) is 73.0 Å². The summed E-state index contributed by atoms with van der Waals surface area (Å²) in [5.41, 5.74) is 1.26. The lowest BCUT2D eigenvalue weighted by Gasteiger charge is -2.36. The minimum absolute atomic E-state index is 0.0460. The van der Waals surface area contributed by atoms with E-state index in [-0.39, 0.29) is 11.8 Å². The third-order valence-electron chi connectivity index (χ3n) is 6.43. The van der Waals surface area contributed by atoms with E-state index in [0.717, 1.165) is 32.7 Å². The number of hydrogen-bond acceptors (Lipinski definition) is 5. The molecule has 2 saturated heterocycles. The molecule has 0 radical (unpaired) electrons. The van der Waals surface area contributed by atoms with Gasteiger partial charge in [-0.15, -0.1) is 0 Å². The Kier molecular flexibility index (Phi) is 7.44. The molecule has 8 heteroatoms. The van der Waals surface area contributed by atoms with E-state index < -0.39 is 10.0 Å². The Hall–Kier alpha value is -2.42. The Labute approximate surface area is 191 Å². The molecule has 0 unspecified atom stereocenters. The molecule has 0 spiro atoms. The van der Waals surface area contributed by atoms with Gasteiger partial charge in [0.1, 0.15) is 0 Å². The van der Waals surface area contributed by atoms with Gasteiger partial charge in [-0.2, -0.15) is 4.31 Å². The van der Waals surface area contributed by atoms with Crippen molar-refractivity contribution in [1.29, 1.82) is 0 Å². The van der Waals surface area contributed by atoms with E-state index >= 15 is 0 Å². The summed E-state index contributed by atoms with van der Waals surface area (Å²) in [5, 5.41) is 3.07. The first-order chi connectivity index (χ1) is 15.5. The van der Waals surface area contributed by atoms with Crippen LogP contribution >= 0.6 is 0 Å². The molecule has 172 valence electrons. The minimum atomic E-state index is -3.48. The zero-order chi connectivity index (χ0) is 22.4. The maximum atomic E-state index is 12.7. The van der Waals surface area contributed by atoms with Crippen LogP contribution < -0.4 is 10.2 Å². The number of sulfonamides is 1. The number of rotatable bonds is 7. The highest BCUT2D eigenvalue weighted by Gasteiger charge is 2.32. The largest absolute Gasteiger partial charge is 0.369 e. The number of carbonyl (C=O) groups is 1. The van der Waals surface area contributed by atoms with Gasteiger partial charge in [0.15, 0.2) is 0 Å². The molecule has 0 bridgehead atoms. The summed E-state index contributed by atoms with van der Waals surface area (Å²) in [6, 6.07) is 19.0. The molecule has 0 saturated carbocycles. The second-order valence-corrected chi connectivity index (χ2v) is 10.4. The number of carbonyl (C=O) groups excluding carboxylic acids is 1. The standard InChI is InChI=1S/C24H32N4O3S/c29-24(21-11-14-28(15-12-21)32(30,31)23-9-5-2-6-10-23)25-13-16-26-17-19-27(20-18-26)22-7-3-1-4-8-22/h1-10,21H,11-20H2,(H,25,29). The highest BCUT2D eigenvalue weighted by Crippen LogP contribution is 2.24. The molecule has 0 aromatic heterocycles. The molecule has 2 aliphatic rings. The van der Waals surface area contributed by atoms with Crippen LogP contribution in [0.2, 0.25) is 0 Å². The Morgan fingerprint density at radius 1 is 0.844 bits per heavy atom. The van der Waals surface area contributed by atoms with Crippen LogP contribution in [0.25, 0.3) is 0 Å². The Morgan fingerprint density at radius 2 is 1.44 bits per heavy atom. The van der Waals surface area contributed by atoms with E-state index in [1.165, 1.54) is 9.99 Å². The van der Waals surface area contributed by atoms with Crippen LogP contribution in [0.3, 0.4) is 0 Å². The fourth-order valence-corrected chi connectivity index (χ4v) is 5.94. The monoisotopic (exact) mass is 456 g/mol. The summed E-state index contributed by atoms with van der Waals surface area (Å²) in [6.07, 6.45) is 1.13. The van der Waals surface area contributed by atoms with Crippen molar-refractivity contribution in [1.82, 2.24) is 14.5 Å². The van der Waals surface area contributed by atoms with Crippen LogP contribution in [0.1, 0.15) is 12.8 Å². The van der Waals surface area contributed by atoms with Gasteiger partial charge in [0.2, 0.25) is 15.9 Å². The third kappa shape index (κ3) is 5.49. The van der Waals surface area contributed by atoms with Crippen molar-refractivity contribution in [2.75, 3.05) is 57.3 Å². The van der Waals surface area contributed by atoms with Crippen molar-refractivity contribution in [2.24, 2.45) is 5.92 Å². The second kappa shape index (κ2) is 10.5. The molecule has 1 N–H and O–H groups in total. The van der Waals surface area contributed by atoms with Crippen molar-refractivity contribution in [2.45, 2.75) is 17.7 Å². The third-order valence-corrected chi connectivity index (χ3v) is 8.34. The molecule has 0 atom stereocenters. The molecular weight excluding hydrogens is 424 g/mol. The van der Waals surface area contributed by atoms with E-state index in [2.05, 4.69) is 39.4 Å². The highest BCUT2D eigenvalue weighted by molar-refractivity contribution is 7.89. The van der Waals surface area contributed by atoms with E-state index in [1.54, 1.807) is 30.3 Å². The number of amides is 1. The average molecular weight is 457 g/mol. The van der Waals surface area contributed by atoms with Crippen molar-refractivity contribution in [3.63, 3.8) is 0 Å². The Morgan fingerprint density at radius 3 is 2.06 bits per heavy atom. The number of benzene rings is 2. The normalized spacial score (nSPS) is 19.1. The number of piperazine rings is 1. The van der Waals surface area contributed by atoms with Gasteiger partial charge in [-0.1, -0.05) is 36.4 Å². The SMILES string of the molecule is O=C(NCCN1CCN(c2ccccc2)CC1)C1CCN(S(=O)(=O)c2ccccc2)CC1. The fourth-order valence-electron chi connectivity index (χ4n) is 4.45. The van der Waals surface area contributed by atoms with Gasteiger partial charge in [0.25, 0.3) is 0 Å². The summed E-state index contributed by atoms with van der Waals surface area (Å²) in [4.78, 5) is 17.7. The van der Waals surface area contributed by atoms with Crippen LogP contribution in [0, 0.1) is 5.92 Å². The summed E-state index contributed by atoms with van der Waals surface area (Å²) < 4.78 is 27.0. The quantitative estimate of drug-likeness (QED) is 0.690. The zero-order valence-corrected chi connectivity index (χ0v) is 19.2. The van der Waals surface area contributed by atoms with Gasteiger partial charge in [0, 0.05) is 64.0 Å². The van der Waals surface area contributed by atoms with Gasteiger partial charge in [-0.05, 0) is 37.1 Å². The van der Waals surface area contributed by atoms with Gasteiger partial charge < -0.3 is 10.2 Å². The molecule has 2 aliphatic heterocycles. The fraction of sp³-hybridized carbons (Fsp3) is 0.458. The van der Waals surface area contributed by atoms with Crippen molar-refractivity contribution < 1.29 is 13.2 Å². The van der Waals surface area contributed by atoms with Crippen LogP contribution in [0.5, 0.6) is 0 Å². The van der Waals surface area contributed by atoms with Crippen molar-refractivity contribution >= 4 is 21.6 Å². The molecule has 7 nitrogen and oxygen atoms in total. The molecule has 4 rings (SSSR count). The van der Waals surface area contributed by atoms with E-state index in [9.17, 15) is 13.2 Å². The molecule has 2 aromatic rings. The van der Waals surface area contributed by atoms with E-state index in [4.69, 9.17) is 0 Å². The lowest BCUT2D eigenvalue weighted by molar-refractivity contribution is -0.126. The Bertz CT molecular complexity index is 969. The summed E-state index contributed by atoms with van der Waals surface area (Å²) in [5.74, 6) is -0.0724. The number of nitrogens with zero attached hydrogens (tertiary/aromatic N) is 3. The molecule has 32 heavy (non-hydrogen) atoms. The molecule has 0 aliphatic carbocycles. The van der Waals surface area contributed by atoms with Crippen LogP contribution in [-0.4, -0.2) is 75.9 Å². The summed E-state index contributed by atoms with van der Waals surface area (Å²) >= 11 is 0. The molecular formula is C24H32N4O3S. The smallest absolute Gasteiger partial charge is 0.243 e. The first-order valence-electron chi connectivity index (χ1n) is 11.4. The average Bonchev–Trinajstić information content (AvgIpc) is 2.85. The number of para-hydroxylation sites is 1. The summed E-state index contributed by atoms with van der Waals surface area (Å²) in [7, 11) is -3.48. The molecule has 2 heterocycles. The predicted molar refractivity (Wildman–Crippen MR) is 126 cm³/mol. The molecule has 1 amide bonds. The lowest BCUT2D eigenvalue weighted by atomic mass is 9.97. The van der Waals surface area contributed by atoms with Gasteiger partial charge in [0.05, 0.1) is 4.90 Å². The molecule has 2 fully saturated rings. The van der Waals surface area contributed by atoms with E-state index in [1.807, 2.05) is 6.07 Å². The maximum absolute atomic E-state index is 12.7. The lowest BCUT2D eigenvalue weighted by Crippen LogP contribution is -2.49. The predicted octanol–water partition coefficient (Wildman–Crippen LogP) is 2.03. The van der Waals surface area contributed by atoms with Crippen LogP contribution in [0.4, 0.5) is 5.69 Å². The van der Waals surface area contributed by atoms with Crippen LogP contribution in [-0.2, 0) is 14.8 Å². The highest BCUT2D eigenvalue weighted by atomic mass is 32.2. The number of anilines is 1. The number of hydrogen-bond donors (Lipinski definition) is 1. The zero-order valence-electron chi connectivity index (χ0n) is 18.4. The van der Waals surface area contributed by atoms with Crippen molar-refractivity contribution in [3.05, 3.63) is 60.7 Å². The Balaban J connectivity index is 1.16. The van der Waals surface area contributed by atoms with Crippen molar-refractivity contribution in [3.8, 4) is 0 Å². The number of nitrogens with one attached hydrogen (secondary N) is 1. The summed E-state index contributed by atoms with van der Waals surface area (Å²) in [6.45, 7) is 6.20. The molecule has 2 aromatic carbocycles. The second-order valence-electron chi connectivity index (χ2n) is 8.45. The minimum Gasteiger partial charge on any atom is -0.369 e. The first kappa shape index (κ1) is 22.8. The van der Waals surface area contributed by atoms with Gasteiger partial charge in [-0.25, -0.2) is 8.42 Å². The van der Waals surface area contributed by atoms with E-state index in [0.29, 0.717) is 37.4 Å². The van der Waals surface area contributed by atoms with Gasteiger partial charge >= 0.3 is 0 Å². The first-order valence-corrected chi connectivity index (χ1v) is 12.8. The van der Waals surface area contributed by atoms with Gasteiger partial charge in [-0.3, -0.25) is 9.69 Å².